The molecule has 0 radical (unpaired) electrons. The van der Waals surface area contributed by atoms with Crippen molar-refractivity contribution in [3.8, 4) is 0 Å². The summed E-state index contributed by atoms with van der Waals surface area (Å²) in [5.41, 5.74) is 5.55. The van der Waals surface area contributed by atoms with Crippen LogP contribution in [0.3, 0.4) is 0 Å². The van der Waals surface area contributed by atoms with E-state index in [0.29, 0.717) is 12.6 Å². The predicted molar refractivity (Wildman–Crippen MR) is 49.4 cm³/mol. The summed E-state index contributed by atoms with van der Waals surface area (Å²) in [6.07, 6.45) is 3.10. The normalized spacial score (nSPS) is 23.4. The number of hydrogen-bond acceptors (Lipinski definition) is 5. The second-order valence-corrected chi connectivity index (χ2v) is 3.44. The van der Waals surface area contributed by atoms with Crippen molar-refractivity contribution >= 4 is 0 Å². The Morgan fingerprint density at radius 2 is 2.36 bits per heavy atom. The van der Waals surface area contributed by atoms with Crippen LogP contribution >= 0.6 is 0 Å². The standard InChI is InChI=1S/C8H15N5O/c9-6-8-10-11-12-13(8)7-2-1-4-14-5-3-7/h7H,1-6,9H2. The fourth-order valence-electron chi connectivity index (χ4n) is 1.76. The van der Waals surface area contributed by atoms with Crippen molar-refractivity contribution in [1.82, 2.24) is 20.2 Å². The molecule has 1 aromatic heterocycles. The minimum Gasteiger partial charge on any atom is -0.381 e. The molecule has 1 aliphatic rings. The molecule has 78 valence electrons. The van der Waals surface area contributed by atoms with Crippen LogP contribution in [0.2, 0.25) is 0 Å². The number of rotatable bonds is 2. The molecular formula is C8H15N5O. The highest BCUT2D eigenvalue weighted by Crippen LogP contribution is 2.20. The summed E-state index contributed by atoms with van der Waals surface area (Å²) in [6, 6.07) is 0.353. The van der Waals surface area contributed by atoms with Gasteiger partial charge in [0.05, 0.1) is 12.6 Å². The summed E-state index contributed by atoms with van der Waals surface area (Å²) in [5.74, 6) is 0.761. The first-order valence-electron chi connectivity index (χ1n) is 4.96. The van der Waals surface area contributed by atoms with Gasteiger partial charge in [-0.05, 0) is 29.7 Å². The fraction of sp³-hybridized carbons (Fsp3) is 0.875. The number of tetrazole rings is 1. The maximum atomic E-state index is 5.55. The van der Waals surface area contributed by atoms with Crippen molar-refractivity contribution < 1.29 is 4.74 Å². The van der Waals surface area contributed by atoms with E-state index in [1.807, 2.05) is 4.68 Å². The third-order valence-electron chi connectivity index (χ3n) is 2.51. The van der Waals surface area contributed by atoms with Crippen LogP contribution in [-0.2, 0) is 11.3 Å². The molecule has 14 heavy (non-hydrogen) atoms. The number of nitrogens with two attached hydrogens (primary N) is 1. The fourth-order valence-corrected chi connectivity index (χ4v) is 1.76. The largest absolute Gasteiger partial charge is 0.381 e. The number of ether oxygens (including phenoxy) is 1. The van der Waals surface area contributed by atoms with Crippen LogP contribution in [0.5, 0.6) is 0 Å². The minimum atomic E-state index is 0.353. The van der Waals surface area contributed by atoms with Crippen LogP contribution in [0.4, 0.5) is 0 Å². The molecule has 2 rings (SSSR count). The molecular weight excluding hydrogens is 182 g/mol. The maximum absolute atomic E-state index is 5.55. The van der Waals surface area contributed by atoms with Crippen molar-refractivity contribution in [2.75, 3.05) is 13.2 Å². The van der Waals surface area contributed by atoms with Gasteiger partial charge in [0.2, 0.25) is 0 Å². The highest BCUT2D eigenvalue weighted by atomic mass is 16.5. The molecule has 2 N–H and O–H groups in total. The van der Waals surface area contributed by atoms with Crippen LogP contribution in [-0.4, -0.2) is 33.4 Å². The van der Waals surface area contributed by atoms with E-state index in [0.717, 1.165) is 38.3 Å². The molecule has 1 aliphatic heterocycles. The molecule has 1 aromatic rings. The highest BCUT2D eigenvalue weighted by molar-refractivity contribution is 4.83. The van der Waals surface area contributed by atoms with Crippen LogP contribution < -0.4 is 5.73 Å². The van der Waals surface area contributed by atoms with E-state index in [2.05, 4.69) is 15.5 Å². The number of nitrogens with zero attached hydrogens (tertiary/aromatic N) is 4. The van der Waals surface area contributed by atoms with E-state index in [1.54, 1.807) is 0 Å². The molecule has 0 spiro atoms. The Morgan fingerprint density at radius 3 is 3.21 bits per heavy atom. The van der Waals surface area contributed by atoms with Crippen molar-refractivity contribution in [2.24, 2.45) is 5.73 Å². The number of hydrogen-bond donors (Lipinski definition) is 1. The second-order valence-electron chi connectivity index (χ2n) is 3.44. The third kappa shape index (κ3) is 1.91. The molecule has 0 bridgehead atoms. The lowest BCUT2D eigenvalue weighted by Crippen LogP contribution is -2.16. The van der Waals surface area contributed by atoms with E-state index >= 15 is 0 Å². The lowest BCUT2D eigenvalue weighted by atomic mass is 10.1. The zero-order valence-electron chi connectivity index (χ0n) is 8.09. The topological polar surface area (TPSA) is 78.9 Å². The highest BCUT2D eigenvalue weighted by Gasteiger charge is 2.18. The Balaban J connectivity index is 2.11. The predicted octanol–water partition coefficient (Wildman–Crippen LogP) is -0.127. The Labute approximate surface area is 82.4 Å². The molecule has 0 amide bonds. The monoisotopic (exact) mass is 197 g/mol. The zero-order chi connectivity index (χ0) is 9.80. The van der Waals surface area contributed by atoms with Gasteiger partial charge in [-0.25, -0.2) is 4.68 Å². The van der Waals surface area contributed by atoms with Crippen LogP contribution in [0.1, 0.15) is 31.1 Å². The molecule has 0 aliphatic carbocycles. The maximum Gasteiger partial charge on any atom is 0.165 e. The summed E-state index contributed by atoms with van der Waals surface area (Å²) >= 11 is 0. The van der Waals surface area contributed by atoms with E-state index in [9.17, 15) is 0 Å². The van der Waals surface area contributed by atoms with Gasteiger partial charge in [0.25, 0.3) is 0 Å². The van der Waals surface area contributed by atoms with Gasteiger partial charge in [-0.15, -0.1) is 5.10 Å². The Kier molecular flexibility index (Phi) is 3.05. The van der Waals surface area contributed by atoms with E-state index < -0.39 is 0 Å². The quantitative estimate of drug-likeness (QED) is 0.714. The Bertz CT molecular complexity index is 279. The first kappa shape index (κ1) is 9.54. The Hall–Kier alpha value is -1.01. The summed E-state index contributed by atoms with van der Waals surface area (Å²) in [7, 11) is 0. The molecule has 1 unspecified atom stereocenters. The van der Waals surface area contributed by atoms with E-state index in [1.165, 1.54) is 0 Å². The molecule has 1 saturated heterocycles. The SMILES string of the molecule is NCc1nnnn1C1CCCOCC1. The summed E-state index contributed by atoms with van der Waals surface area (Å²) in [6.45, 7) is 2.02. The van der Waals surface area contributed by atoms with Gasteiger partial charge in [0, 0.05) is 13.2 Å². The Morgan fingerprint density at radius 1 is 1.43 bits per heavy atom. The second kappa shape index (κ2) is 4.47. The first-order valence-corrected chi connectivity index (χ1v) is 4.96. The van der Waals surface area contributed by atoms with Crippen molar-refractivity contribution in [2.45, 2.75) is 31.8 Å². The molecule has 1 fully saturated rings. The molecule has 2 heterocycles. The third-order valence-corrected chi connectivity index (χ3v) is 2.51. The molecule has 6 nitrogen and oxygen atoms in total. The van der Waals surface area contributed by atoms with Crippen LogP contribution in [0.15, 0.2) is 0 Å². The van der Waals surface area contributed by atoms with E-state index in [4.69, 9.17) is 10.5 Å². The van der Waals surface area contributed by atoms with Gasteiger partial charge in [0.1, 0.15) is 0 Å². The van der Waals surface area contributed by atoms with Crippen LogP contribution in [0.25, 0.3) is 0 Å². The van der Waals surface area contributed by atoms with Crippen molar-refractivity contribution in [1.29, 1.82) is 0 Å². The van der Waals surface area contributed by atoms with Gasteiger partial charge >= 0.3 is 0 Å². The average Bonchev–Trinajstić information content (AvgIpc) is 2.52. The van der Waals surface area contributed by atoms with Crippen molar-refractivity contribution in [3.05, 3.63) is 5.82 Å². The zero-order valence-corrected chi connectivity index (χ0v) is 8.09. The first-order chi connectivity index (χ1) is 6.92. The van der Waals surface area contributed by atoms with E-state index in [-0.39, 0.29) is 0 Å². The summed E-state index contributed by atoms with van der Waals surface area (Å²) in [5, 5.41) is 11.5. The van der Waals surface area contributed by atoms with Gasteiger partial charge in [-0.3, -0.25) is 0 Å². The smallest absolute Gasteiger partial charge is 0.165 e. The number of aromatic nitrogens is 4. The lowest BCUT2D eigenvalue weighted by molar-refractivity contribution is 0.141. The molecule has 0 saturated carbocycles. The minimum absolute atomic E-state index is 0.353. The van der Waals surface area contributed by atoms with Gasteiger partial charge in [-0.2, -0.15) is 0 Å². The van der Waals surface area contributed by atoms with Gasteiger partial charge in [-0.1, -0.05) is 0 Å². The van der Waals surface area contributed by atoms with Gasteiger partial charge in [0.15, 0.2) is 5.82 Å². The van der Waals surface area contributed by atoms with Crippen LogP contribution in [0, 0.1) is 0 Å². The molecule has 0 aromatic carbocycles. The lowest BCUT2D eigenvalue weighted by Gasteiger charge is -2.14. The molecule has 1 atom stereocenters. The average molecular weight is 197 g/mol. The summed E-state index contributed by atoms with van der Waals surface area (Å²) in [4.78, 5) is 0. The summed E-state index contributed by atoms with van der Waals surface area (Å²) < 4.78 is 7.23. The molecule has 6 heteroatoms. The van der Waals surface area contributed by atoms with Gasteiger partial charge < -0.3 is 10.5 Å². The van der Waals surface area contributed by atoms with Crippen molar-refractivity contribution in [3.63, 3.8) is 0 Å².